The van der Waals surface area contributed by atoms with Gasteiger partial charge in [-0.2, -0.15) is 0 Å². The lowest BCUT2D eigenvalue weighted by Gasteiger charge is -2.27. The molecule has 2 unspecified atom stereocenters. The van der Waals surface area contributed by atoms with E-state index in [2.05, 4.69) is 105 Å². The summed E-state index contributed by atoms with van der Waals surface area (Å²) < 4.78 is 2.00. The van der Waals surface area contributed by atoms with Gasteiger partial charge in [-0.3, -0.25) is 4.79 Å². The van der Waals surface area contributed by atoms with Gasteiger partial charge in [0.2, 0.25) is 0 Å². The van der Waals surface area contributed by atoms with Gasteiger partial charge in [0.25, 0.3) is 0 Å². The van der Waals surface area contributed by atoms with Gasteiger partial charge in [-0.05, 0) is 60.4 Å². The molecule has 0 amide bonds. The number of ketones is 1. The highest BCUT2D eigenvalue weighted by Crippen LogP contribution is 2.29. The smallest absolute Gasteiger partial charge is 0.150 e. The van der Waals surface area contributed by atoms with Crippen LogP contribution in [0, 0.1) is 0 Å². The number of nitrogens with one attached hydrogen (secondary N) is 2. The maximum Gasteiger partial charge on any atom is 0.150 e. The number of halogens is 2. The number of hydrogen-bond donors (Lipinski definition) is 2. The lowest BCUT2D eigenvalue weighted by molar-refractivity contribution is -0.121. The molecule has 0 aromatic heterocycles. The molecule has 0 aliphatic heterocycles. The zero-order valence-electron chi connectivity index (χ0n) is 21.8. The molecule has 2 N–H and O–H groups in total. The van der Waals surface area contributed by atoms with Crippen molar-refractivity contribution in [3.8, 4) is 0 Å². The van der Waals surface area contributed by atoms with E-state index in [9.17, 15) is 4.79 Å². The number of rotatable bonds is 12. The zero-order valence-corrected chi connectivity index (χ0v) is 25.0. The summed E-state index contributed by atoms with van der Waals surface area (Å²) in [7, 11) is 0. The lowest BCUT2D eigenvalue weighted by Crippen LogP contribution is -2.36. The van der Waals surface area contributed by atoms with Gasteiger partial charge in [0, 0.05) is 34.1 Å². The molecule has 0 fully saturated rings. The number of benzene rings is 4. The Labute approximate surface area is 243 Å². The van der Waals surface area contributed by atoms with E-state index in [-0.39, 0.29) is 29.7 Å². The molecule has 4 rings (SSSR count). The fraction of sp³-hybridized carbons (Fsp3) is 0.242. The Morgan fingerprint density at radius 2 is 0.895 bits per heavy atom. The van der Waals surface area contributed by atoms with Crippen LogP contribution in [0.1, 0.15) is 60.0 Å². The third-order valence-corrected chi connectivity index (χ3v) is 8.14. The molecular weight excluding hydrogens is 600 g/mol. The Hall–Kier alpha value is -2.57. The van der Waals surface area contributed by atoms with E-state index in [1.807, 2.05) is 60.7 Å². The average Bonchev–Trinajstić information content (AvgIpc) is 2.95. The third kappa shape index (κ3) is 7.73. The molecule has 0 aliphatic carbocycles. The van der Waals surface area contributed by atoms with Gasteiger partial charge >= 0.3 is 0 Å². The highest BCUT2D eigenvalue weighted by molar-refractivity contribution is 9.10. The fourth-order valence-electron chi connectivity index (χ4n) is 4.71. The Kier molecular flexibility index (Phi) is 10.5. The molecule has 196 valence electrons. The van der Waals surface area contributed by atoms with Gasteiger partial charge in [-0.25, -0.2) is 0 Å². The molecule has 0 saturated carbocycles. The standard InChI is InChI=1S/C33H34Br2N2O/c1-23(25-9-5-3-6-10-25)36-21-31(27-13-17-29(34)18-14-27)33(38)32(28-15-19-30(35)20-16-28)22-37-24(2)26-11-7-4-8-12-26/h3-20,23-24,31-32,36-37H,21-22H2,1-2H3/t23-,24-,31?,32?/m1/s1. The van der Waals surface area contributed by atoms with E-state index in [0.717, 1.165) is 20.1 Å². The maximum absolute atomic E-state index is 14.4. The summed E-state index contributed by atoms with van der Waals surface area (Å²) in [6.07, 6.45) is 0. The van der Waals surface area contributed by atoms with Crippen LogP contribution >= 0.6 is 31.9 Å². The molecule has 4 aromatic rings. The summed E-state index contributed by atoms with van der Waals surface area (Å²) in [5, 5.41) is 7.28. The molecule has 0 spiro atoms. The summed E-state index contributed by atoms with van der Waals surface area (Å²) in [5.41, 5.74) is 4.45. The van der Waals surface area contributed by atoms with Crippen molar-refractivity contribution in [2.75, 3.05) is 13.1 Å². The van der Waals surface area contributed by atoms with Gasteiger partial charge in [0.15, 0.2) is 0 Å². The summed E-state index contributed by atoms with van der Waals surface area (Å²) in [5.74, 6) is -0.386. The van der Waals surface area contributed by atoms with Gasteiger partial charge in [0.1, 0.15) is 5.78 Å². The van der Waals surface area contributed by atoms with Crippen molar-refractivity contribution < 1.29 is 4.79 Å². The van der Waals surface area contributed by atoms with E-state index in [4.69, 9.17) is 0 Å². The molecule has 0 radical (unpaired) electrons. The molecule has 0 aliphatic rings. The summed E-state index contributed by atoms with van der Waals surface area (Å²) in [6.45, 7) is 5.40. The minimum Gasteiger partial charge on any atom is -0.309 e. The first-order chi connectivity index (χ1) is 18.4. The number of carbonyl (C=O) groups is 1. The first-order valence-corrected chi connectivity index (χ1v) is 14.6. The van der Waals surface area contributed by atoms with Gasteiger partial charge < -0.3 is 10.6 Å². The monoisotopic (exact) mass is 632 g/mol. The van der Waals surface area contributed by atoms with Gasteiger partial charge in [-0.1, -0.05) is 117 Å². The van der Waals surface area contributed by atoms with Crippen LogP contribution in [0.15, 0.2) is 118 Å². The normalized spacial score (nSPS) is 14.4. The Morgan fingerprint density at radius 1 is 0.553 bits per heavy atom. The van der Waals surface area contributed by atoms with Crippen LogP contribution in [0.25, 0.3) is 0 Å². The van der Waals surface area contributed by atoms with Crippen molar-refractivity contribution in [3.05, 3.63) is 140 Å². The highest BCUT2D eigenvalue weighted by atomic mass is 79.9. The number of Topliss-reactive ketones (excluding diaryl/α,β-unsaturated/α-hetero) is 1. The average molecular weight is 634 g/mol. The molecule has 4 atom stereocenters. The Morgan fingerprint density at radius 3 is 1.24 bits per heavy atom. The zero-order chi connectivity index (χ0) is 26.9. The topological polar surface area (TPSA) is 41.1 Å². The molecule has 0 heterocycles. The second kappa shape index (κ2) is 14.0. The SMILES string of the molecule is C[C@@H](NCC(C(=O)C(CN[C@H](C)c1ccccc1)c1ccc(Br)cc1)c1ccc(Br)cc1)c1ccccc1. The molecule has 0 saturated heterocycles. The maximum atomic E-state index is 14.4. The van der Waals surface area contributed by atoms with Crippen LogP contribution < -0.4 is 10.6 Å². The van der Waals surface area contributed by atoms with Crippen LogP contribution in [0.4, 0.5) is 0 Å². The van der Waals surface area contributed by atoms with Crippen molar-refractivity contribution >= 4 is 37.6 Å². The fourth-order valence-corrected chi connectivity index (χ4v) is 5.24. The van der Waals surface area contributed by atoms with Crippen molar-refractivity contribution in [1.29, 1.82) is 0 Å². The van der Waals surface area contributed by atoms with Crippen LogP contribution in [0.3, 0.4) is 0 Å². The van der Waals surface area contributed by atoms with Crippen molar-refractivity contribution in [2.24, 2.45) is 0 Å². The lowest BCUT2D eigenvalue weighted by atomic mass is 9.83. The molecule has 4 aromatic carbocycles. The van der Waals surface area contributed by atoms with Crippen LogP contribution in [-0.4, -0.2) is 18.9 Å². The van der Waals surface area contributed by atoms with E-state index >= 15 is 0 Å². The van der Waals surface area contributed by atoms with Gasteiger partial charge in [-0.15, -0.1) is 0 Å². The van der Waals surface area contributed by atoms with E-state index in [0.29, 0.717) is 13.1 Å². The van der Waals surface area contributed by atoms with E-state index in [1.165, 1.54) is 11.1 Å². The minimum atomic E-state index is -0.295. The Bertz CT molecular complexity index is 1180. The van der Waals surface area contributed by atoms with Crippen molar-refractivity contribution in [1.82, 2.24) is 10.6 Å². The van der Waals surface area contributed by atoms with Crippen LogP contribution in [-0.2, 0) is 4.79 Å². The number of hydrogen-bond acceptors (Lipinski definition) is 3. The largest absolute Gasteiger partial charge is 0.309 e. The summed E-state index contributed by atoms with van der Waals surface area (Å²) in [4.78, 5) is 14.4. The third-order valence-electron chi connectivity index (χ3n) is 7.09. The first kappa shape index (κ1) is 28.4. The second-order valence-electron chi connectivity index (χ2n) is 9.69. The summed E-state index contributed by atoms with van der Waals surface area (Å²) >= 11 is 7.09. The van der Waals surface area contributed by atoms with E-state index < -0.39 is 0 Å². The predicted octanol–water partition coefficient (Wildman–Crippen LogP) is 8.35. The molecule has 0 bridgehead atoms. The molecule has 5 heteroatoms. The van der Waals surface area contributed by atoms with Gasteiger partial charge in [0.05, 0.1) is 11.8 Å². The molecular formula is C33H34Br2N2O. The van der Waals surface area contributed by atoms with E-state index in [1.54, 1.807) is 0 Å². The molecule has 38 heavy (non-hydrogen) atoms. The number of carbonyl (C=O) groups excluding carboxylic acids is 1. The van der Waals surface area contributed by atoms with Crippen LogP contribution in [0.2, 0.25) is 0 Å². The van der Waals surface area contributed by atoms with Crippen LogP contribution in [0.5, 0.6) is 0 Å². The molecule has 3 nitrogen and oxygen atoms in total. The second-order valence-corrected chi connectivity index (χ2v) is 11.5. The predicted molar refractivity (Wildman–Crippen MR) is 164 cm³/mol. The van der Waals surface area contributed by atoms with Crippen molar-refractivity contribution in [3.63, 3.8) is 0 Å². The quantitative estimate of drug-likeness (QED) is 0.165. The highest BCUT2D eigenvalue weighted by Gasteiger charge is 2.30. The Balaban J connectivity index is 1.60. The summed E-state index contributed by atoms with van der Waals surface area (Å²) in [6, 6.07) is 37.3. The first-order valence-electron chi connectivity index (χ1n) is 13.0. The minimum absolute atomic E-state index is 0.129. The van der Waals surface area contributed by atoms with Crippen molar-refractivity contribution in [2.45, 2.75) is 37.8 Å².